The van der Waals surface area contributed by atoms with Crippen LogP contribution < -0.4 is 0 Å². The van der Waals surface area contributed by atoms with Crippen molar-refractivity contribution in [2.45, 2.75) is 12.2 Å². The van der Waals surface area contributed by atoms with Gasteiger partial charge in [-0.2, -0.15) is 18.4 Å². The first-order valence-corrected chi connectivity index (χ1v) is 6.51. The van der Waals surface area contributed by atoms with Gasteiger partial charge in [-0.3, -0.25) is 4.90 Å². The summed E-state index contributed by atoms with van der Waals surface area (Å²) in [4.78, 5) is 3.84. The van der Waals surface area contributed by atoms with Gasteiger partial charge in [-0.1, -0.05) is 0 Å². The molecule has 1 fully saturated rings. The van der Waals surface area contributed by atoms with E-state index in [1.165, 1.54) is 0 Å². The van der Waals surface area contributed by atoms with Crippen LogP contribution in [-0.2, 0) is 6.18 Å². The highest BCUT2D eigenvalue weighted by atomic mass is 19.4. The predicted octanol–water partition coefficient (Wildman–Crippen LogP) is 2.66. The molecule has 7 heteroatoms. The van der Waals surface area contributed by atoms with Crippen LogP contribution in [0.1, 0.15) is 17.2 Å². The van der Waals surface area contributed by atoms with Gasteiger partial charge in [0.05, 0.1) is 11.6 Å². The zero-order valence-electron chi connectivity index (χ0n) is 11.5. The average molecular weight is 301 g/mol. The van der Waals surface area contributed by atoms with Crippen LogP contribution in [0.4, 0.5) is 17.6 Å². The van der Waals surface area contributed by atoms with Crippen molar-refractivity contribution in [3.05, 3.63) is 35.1 Å². The minimum absolute atomic E-state index is 0.0504. The first-order valence-electron chi connectivity index (χ1n) is 6.51. The summed E-state index contributed by atoms with van der Waals surface area (Å²) >= 11 is 0. The molecule has 0 spiro atoms. The van der Waals surface area contributed by atoms with Crippen molar-refractivity contribution >= 4 is 0 Å². The number of likely N-dealkylation sites (N-methyl/N-ethyl adjacent to an activating group) is 1. The van der Waals surface area contributed by atoms with Gasteiger partial charge in [-0.15, -0.1) is 0 Å². The Labute approximate surface area is 120 Å². The molecule has 3 nitrogen and oxygen atoms in total. The van der Waals surface area contributed by atoms with Crippen molar-refractivity contribution in [2.75, 3.05) is 33.2 Å². The second kappa shape index (κ2) is 6.00. The first-order chi connectivity index (χ1) is 9.81. The van der Waals surface area contributed by atoms with Crippen molar-refractivity contribution in [3.63, 3.8) is 0 Å². The Morgan fingerprint density at radius 1 is 1.14 bits per heavy atom. The molecule has 1 saturated heterocycles. The predicted molar refractivity (Wildman–Crippen MR) is 68.8 cm³/mol. The molecule has 0 bridgehead atoms. The molecular formula is C14H15F4N3. The number of benzene rings is 1. The smallest absolute Gasteiger partial charge is 0.304 e. The van der Waals surface area contributed by atoms with Crippen LogP contribution in [0.15, 0.2) is 18.2 Å². The van der Waals surface area contributed by atoms with Crippen LogP contribution >= 0.6 is 0 Å². The molecule has 0 N–H and O–H groups in total. The van der Waals surface area contributed by atoms with Gasteiger partial charge in [0, 0.05) is 26.2 Å². The second-order valence-electron chi connectivity index (χ2n) is 5.14. The highest BCUT2D eigenvalue weighted by Crippen LogP contribution is 2.33. The van der Waals surface area contributed by atoms with E-state index in [4.69, 9.17) is 0 Å². The van der Waals surface area contributed by atoms with Gasteiger partial charge in [0.2, 0.25) is 0 Å². The van der Waals surface area contributed by atoms with Crippen LogP contribution in [0.25, 0.3) is 0 Å². The molecule has 0 aromatic heterocycles. The van der Waals surface area contributed by atoms with E-state index in [1.54, 1.807) is 4.90 Å². The van der Waals surface area contributed by atoms with Gasteiger partial charge in [-0.25, -0.2) is 4.39 Å². The minimum Gasteiger partial charge on any atom is -0.304 e. The van der Waals surface area contributed by atoms with Crippen LogP contribution in [-0.4, -0.2) is 43.0 Å². The summed E-state index contributed by atoms with van der Waals surface area (Å²) in [6.07, 6.45) is -4.63. The molecule has 1 atom stereocenters. The highest BCUT2D eigenvalue weighted by Gasteiger charge is 2.33. The molecule has 114 valence electrons. The number of nitriles is 1. The SMILES string of the molecule is CN1CCN(C(C#N)c2cc(F)cc(C(F)(F)F)c2)CC1. The lowest BCUT2D eigenvalue weighted by molar-refractivity contribution is -0.137. The molecule has 2 rings (SSSR count). The Bertz CT molecular complexity index is 542. The van der Waals surface area contributed by atoms with E-state index in [9.17, 15) is 22.8 Å². The van der Waals surface area contributed by atoms with E-state index >= 15 is 0 Å². The molecule has 1 heterocycles. The lowest BCUT2D eigenvalue weighted by Crippen LogP contribution is -2.45. The number of alkyl halides is 3. The molecule has 0 saturated carbocycles. The summed E-state index contributed by atoms with van der Waals surface area (Å²) in [5, 5.41) is 9.27. The molecule has 0 radical (unpaired) electrons. The van der Waals surface area contributed by atoms with Crippen molar-refractivity contribution < 1.29 is 17.6 Å². The number of piperazine rings is 1. The molecule has 1 aliphatic heterocycles. The molecule has 1 aromatic rings. The maximum atomic E-state index is 13.4. The zero-order chi connectivity index (χ0) is 15.6. The van der Waals surface area contributed by atoms with Crippen LogP contribution in [0.5, 0.6) is 0 Å². The monoisotopic (exact) mass is 301 g/mol. The van der Waals surface area contributed by atoms with Gasteiger partial charge < -0.3 is 4.90 Å². The summed E-state index contributed by atoms with van der Waals surface area (Å²) in [5.74, 6) is -0.978. The van der Waals surface area contributed by atoms with E-state index in [-0.39, 0.29) is 5.56 Å². The molecule has 0 aliphatic carbocycles. The van der Waals surface area contributed by atoms with Crippen molar-refractivity contribution in [2.24, 2.45) is 0 Å². The minimum atomic E-state index is -4.63. The van der Waals surface area contributed by atoms with Gasteiger partial charge in [0.25, 0.3) is 0 Å². The quantitative estimate of drug-likeness (QED) is 0.787. The third-order valence-corrected chi connectivity index (χ3v) is 3.59. The largest absolute Gasteiger partial charge is 0.416 e. The summed E-state index contributed by atoms with van der Waals surface area (Å²) in [6, 6.07) is 3.42. The molecule has 1 aliphatic rings. The number of nitrogens with zero attached hydrogens (tertiary/aromatic N) is 3. The van der Waals surface area contributed by atoms with Crippen molar-refractivity contribution in [3.8, 4) is 6.07 Å². The number of hydrogen-bond donors (Lipinski definition) is 0. The third kappa shape index (κ3) is 3.71. The van der Waals surface area contributed by atoms with Gasteiger partial charge in [0.1, 0.15) is 11.9 Å². The fourth-order valence-corrected chi connectivity index (χ4v) is 2.38. The summed E-state index contributed by atoms with van der Waals surface area (Å²) < 4.78 is 51.7. The third-order valence-electron chi connectivity index (χ3n) is 3.59. The summed E-state index contributed by atoms with van der Waals surface area (Å²) in [7, 11) is 1.93. The first kappa shape index (κ1) is 15.7. The van der Waals surface area contributed by atoms with Crippen molar-refractivity contribution in [1.82, 2.24) is 9.80 Å². The van der Waals surface area contributed by atoms with Crippen LogP contribution in [0, 0.1) is 17.1 Å². The van der Waals surface area contributed by atoms with Crippen LogP contribution in [0.3, 0.4) is 0 Å². The second-order valence-corrected chi connectivity index (χ2v) is 5.14. The molecule has 1 aromatic carbocycles. The Balaban J connectivity index is 2.30. The molecule has 0 amide bonds. The maximum Gasteiger partial charge on any atom is 0.416 e. The zero-order valence-corrected chi connectivity index (χ0v) is 11.5. The lowest BCUT2D eigenvalue weighted by Gasteiger charge is -2.35. The normalized spacial score (nSPS) is 19.2. The maximum absolute atomic E-state index is 13.4. The van der Waals surface area contributed by atoms with E-state index < -0.39 is 23.6 Å². The van der Waals surface area contributed by atoms with Crippen LogP contribution in [0.2, 0.25) is 0 Å². The number of rotatable bonds is 2. The summed E-state index contributed by atoms with van der Waals surface area (Å²) in [5.41, 5.74) is -1.01. The van der Waals surface area contributed by atoms with E-state index in [2.05, 4.69) is 4.90 Å². The van der Waals surface area contributed by atoms with Crippen molar-refractivity contribution in [1.29, 1.82) is 5.26 Å². The fraction of sp³-hybridized carbons (Fsp3) is 0.500. The Hall–Kier alpha value is -1.65. The van der Waals surface area contributed by atoms with E-state index in [1.807, 2.05) is 13.1 Å². The van der Waals surface area contributed by atoms with E-state index in [0.717, 1.165) is 25.2 Å². The number of halogens is 4. The Morgan fingerprint density at radius 2 is 1.76 bits per heavy atom. The van der Waals surface area contributed by atoms with Gasteiger partial charge in [-0.05, 0) is 30.8 Å². The van der Waals surface area contributed by atoms with E-state index in [0.29, 0.717) is 19.2 Å². The Morgan fingerprint density at radius 3 is 2.29 bits per heavy atom. The average Bonchev–Trinajstić information content (AvgIpc) is 2.40. The highest BCUT2D eigenvalue weighted by molar-refractivity contribution is 5.32. The standard InChI is InChI=1S/C14H15F4N3/c1-20-2-4-21(5-3-20)13(9-19)10-6-11(14(16,17)18)8-12(15)7-10/h6-8,13H,2-5H2,1H3. The van der Waals surface area contributed by atoms with Gasteiger partial charge in [0.15, 0.2) is 0 Å². The Kier molecular flexibility index (Phi) is 4.49. The lowest BCUT2D eigenvalue weighted by atomic mass is 10.0. The number of hydrogen-bond acceptors (Lipinski definition) is 3. The summed E-state index contributed by atoms with van der Waals surface area (Å²) in [6.45, 7) is 2.57. The fourth-order valence-electron chi connectivity index (χ4n) is 2.38. The molecule has 1 unspecified atom stereocenters. The topological polar surface area (TPSA) is 30.3 Å². The van der Waals surface area contributed by atoms with Gasteiger partial charge >= 0.3 is 6.18 Å². The molecular weight excluding hydrogens is 286 g/mol. The molecule has 21 heavy (non-hydrogen) atoms.